The van der Waals surface area contributed by atoms with Crippen LogP contribution in [0.1, 0.15) is 26.7 Å². The van der Waals surface area contributed by atoms with E-state index in [2.05, 4.69) is 0 Å². The van der Waals surface area contributed by atoms with Gasteiger partial charge in [0.05, 0.1) is 0 Å². The predicted molar refractivity (Wildman–Crippen MR) is 79.0 cm³/mol. The molecule has 0 spiro atoms. The highest BCUT2D eigenvalue weighted by Crippen LogP contribution is 2.22. The molecule has 0 unspecified atom stereocenters. The van der Waals surface area contributed by atoms with Gasteiger partial charge in [-0.05, 0) is 31.2 Å². The topological polar surface area (TPSA) is 74.7 Å². The van der Waals surface area contributed by atoms with E-state index in [4.69, 9.17) is 5.11 Å². The van der Waals surface area contributed by atoms with Crippen LogP contribution in [0.25, 0.3) is 0 Å². The largest absolute Gasteiger partial charge is 0.396 e. The van der Waals surface area contributed by atoms with Crippen LogP contribution in [0.4, 0.5) is 0 Å². The molecule has 0 saturated carbocycles. The second-order valence-corrected chi connectivity index (χ2v) is 7.22. The Kier molecular flexibility index (Phi) is 6.38. The summed E-state index contributed by atoms with van der Waals surface area (Å²) in [5, 5.41) is 10.5. The molecule has 0 aliphatic heterocycles. The van der Waals surface area contributed by atoms with E-state index in [0.717, 1.165) is 15.6 Å². The summed E-state index contributed by atoms with van der Waals surface area (Å²) in [6, 6.07) is 3.10. The van der Waals surface area contributed by atoms with E-state index in [1.165, 1.54) is 6.07 Å². The Hall–Kier alpha value is -1.18. The predicted octanol–water partition coefficient (Wildman–Crippen LogP) is 2.00. The summed E-state index contributed by atoms with van der Waals surface area (Å²) in [6.45, 7) is 3.29. The molecule has 1 aromatic rings. The van der Waals surface area contributed by atoms with Crippen LogP contribution in [0.5, 0.6) is 0 Å². The van der Waals surface area contributed by atoms with Crippen molar-refractivity contribution in [1.82, 2.24) is 4.31 Å². The van der Waals surface area contributed by atoms with Crippen molar-refractivity contribution in [3.05, 3.63) is 29.2 Å². The van der Waals surface area contributed by atoms with Gasteiger partial charge in [0.2, 0.25) is 0 Å². The van der Waals surface area contributed by atoms with Crippen molar-refractivity contribution in [3.63, 3.8) is 0 Å². The quantitative estimate of drug-likeness (QED) is 0.781. The number of nitrogens with zero attached hydrogens (tertiary/aromatic N) is 1. The molecule has 0 bridgehead atoms. The molecule has 1 amide bonds. The van der Waals surface area contributed by atoms with Crippen molar-refractivity contribution < 1.29 is 18.3 Å². The van der Waals surface area contributed by atoms with Crippen LogP contribution in [-0.4, -0.2) is 36.9 Å². The van der Waals surface area contributed by atoms with E-state index in [0.29, 0.717) is 12.0 Å². The van der Waals surface area contributed by atoms with E-state index in [-0.39, 0.29) is 23.8 Å². The lowest BCUT2D eigenvalue weighted by molar-refractivity contribution is -0.122. The number of aliphatic hydroxyl groups excluding tert-OH is 1. The number of allylic oxidation sites excluding steroid dienone is 1. The average molecular weight is 317 g/mol. The van der Waals surface area contributed by atoms with Gasteiger partial charge in [-0.1, -0.05) is 19.1 Å². The Bertz CT molecular complexity index is 561. The molecule has 0 saturated heterocycles. The maximum Gasteiger partial charge on any atom is 0.276 e. The zero-order chi connectivity index (χ0) is 15.2. The summed E-state index contributed by atoms with van der Waals surface area (Å²) in [4.78, 5) is 12.3. The average Bonchev–Trinajstić information content (AvgIpc) is 2.93. The lowest BCUT2D eigenvalue weighted by Crippen LogP contribution is -2.38. The molecule has 1 N–H and O–H groups in total. The van der Waals surface area contributed by atoms with Gasteiger partial charge >= 0.3 is 0 Å². The molecule has 0 atom stereocenters. The standard InChI is InChI=1S/C13H19NO4S2/c1-3-6-11(2)13(16)14(8-5-9-15)20(17,18)12-7-4-10-19-12/h4,6-7,10,15H,3,5,8-9H2,1-2H3. The first kappa shape index (κ1) is 16.9. The van der Waals surface area contributed by atoms with Crippen LogP contribution in [0, 0.1) is 0 Å². The number of carbonyl (C=O) groups excluding carboxylic acids is 1. The van der Waals surface area contributed by atoms with E-state index in [1.54, 1.807) is 24.4 Å². The third-order valence-electron chi connectivity index (χ3n) is 2.63. The van der Waals surface area contributed by atoms with Gasteiger partial charge in [0, 0.05) is 18.7 Å². The number of rotatable bonds is 7. The van der Waals surface area contributed by atoms with Gasteiger partial charge in [0.25, 0.3) is 15.9 Å². The Morgan fingerprint density at radius 3 is 2.70 bits per heavy atom. The van der Waals surface area contributed by atoms with Crippen LogP contribution in [0.2, 0.25) is 0 Å². The van der Waals surface area contributed by atoms with Crippen LogP contribution >= 0.6 is 11.3 Å². The molecule has 0 radical (unpaired) electrons. The minimum Gasteiger partial charge on any atom is -0.396 e. The summed E-state index contributed by atoms with van der Waals surface area (Å²) >= 11 is 1.07. The van der Waals surface area contributed by atoms with E-state index >= 15 is 0 Å². The van der Waals surface area contributed by atoms with Gasteiger partial charge in [0.15, 0.2) is 0 Å². The number of hydrogen-bond acceptors (Lipinski definition) is 5. The monoisotopic (exact) mass is 317 g/mol. The number of aliphatic hydroxyl groups is 1. The van der Waals surface area contributed by atoms with Crippen LogP contribution in [-0.2, 0) is 14.8 Å². The Labute approximate surface area is 123 Å². The fourth-order valence-corrected chi connectivity index (χ4v) is 4.23. The normalized spacial score (nSPS) is 12.4. The molecular formula is C13H19NO4S2. The maximum atomic E-state index is 12.5. The number of amides is 1. The third-order valence-corrected chi connectivity index (χ3v) is 5.79. The van der Waals surface area contributed by atoms with Crippen molar-refractivity contribution in [3.8, 4) is 0 Å². The highest BCUT2D eigenvalue weighted by atomic mass is 32.2. The Balaban J connectivity index is 3.13. The first-order valence-electron chi connectivity index (χ1n) is 6.33. The molecule has 0 aliphatic rings. The minimum atomic E-state index is -3.84. The summed E-state index contributed by atoms with van der Waals surface area (Å²) < 4.78 is 25.9. The van der Waals surface area contributed by atoms with Crippen molar-refractivity contribution in [2.24, 2.45) is 0 Å². The summed E-state index contributed by atoms with van der Waals surface area (Å²) in [7, 11) is -3.84. The third kappa shape index (κ3) is 3.91. The molecule has 0 fully saturated rings. The lowest BCUT2D eigenvalue weighted by atomic mass is 10.2. The molecule has 20 heavy (non-hydrogen) atoms. The molecule has 7 heteroatoms. The molecule has 0 aromatic carbocycles. The number of sulfonamides is 1. The van der Waals surface area contributed by atoms with Gasteiger partial charge < -0.3 is 5.11 Å². The minimum absolute atomic E-state index is 0.0234. The summed E-state index contributed by atoms with van der Waals surface area (Å²) in [5.74, 6) is -0.534. The highest BCUT2D eigenvalue weighted by molar-refractivity contribution is 7.91. The van der Waals surface area contributed by atoms with Gasteiger partial charge in [-0.3, -0.25) is 4.79 Å². The SMILES string of the molecule is CCC=C(C)C(=O)N(CCCO)S(=O)(=O)c1cccs1. The van der Waals surface area contributed by atoms with E-state index in [9.17, 15) is 13.2 Å². The second kappa shape index (κ2) is 7.56. The highest BCUT2D eigenvalue weighted by Gasteiger charge is 2.30. The first-order chi connectivity index (χ1) is 9.45. The Morgan fingerprint density at radius 1 is 1.50 bits per heavy atom. The van der Waals surface area contributed by atoms with Crippen molar-refractivity contribution in [2.75, 3.05) is 13.2 Å². The van der Waals surface area contributed by atoms with Crippen molar-refractivity contribution in [1.29, 1.82) is 0 Å². The summed E-state index contributed by atoms with van der Waals surface area (Å²) in [5.41, 5.74) is 0.394. The zero-order valence-corrected chi connectivity index (χ0v) is 13.2. The fraction of sp³-hybridized carbons (Fsp3) is 0.462. The zero-order valence-electron chi connectivity index (χ0n) is 11.6. The lowest BCUT2D eigenvalue weighted by Gasteiger charge is -2.21. The number of thiophene rings is 1. The molecule has 112 valence electrons. The van der Waals surface area contributed by atoms with Gasteiger partial charge in [0.1, 0.15) is 4.21 Å². The number of hydrogen-bond donors (Lipinski definition) is 1. The molecule has 1 rings (SSSR count). The molecular weight excluding hydrogens is 298 g/mol. The van der Waals surface area contributed by atoms with Crippen LogP contribution in [0.3, 0.4) is 0 Å². The van der Waals surface area contributed by atoms with E-state index in [1.807, 2.05) is 6.92 Å². The maximum absolute atomic E-state index is 12.5. The Morgan fingerprint density at radius 2 is 2.20 bits per heavy atom. The van der Waals surface area contributed by atoms with Crippen LogP contribution in [0.15, 0.2) is 33.4 Å². The van der Waals surface area contributed by atoms with Crippen LogP contribution < -0.4 is 0 Å². The molecule has 5 nitrogen and oxygen atoms in total. The molecule has 0 aliphatic carbocycles. The smallest absolute Gasteiger partial charge is 0.276 e. The van der Waals surface area contributed by atoms with Gasteiger partial charge in [-0.15, -0.1) is 11.3 Å². The fourth-order valence-electron chi connectivity index (χ4n) is 1.65. The van der Waals surface area contributed by atoms with Gasteiger partial charge in [-0.2, -0.15) is 0 Å². The van der Waals surface area contributed by atoms with Gasteiger partial charge in [-0.25, -0.2) is 12.7 Å². The van der Waals surface area contributed by atoms with Crippen molar-refractivity contribution in [2.45, 2.75) is 30.9 Å². The summed E-state index contributed by atoms with van der Waals surface area (Å²) in [6.07, 6.45) is 2.57. The van der Waals surface area contributed by atoms with Crippen molar-refractivity contribution >= 4 is 27.3 Å². The molecule has 1 aromatic heterocycles. The molecule has 1 heterocycles. The second-order valence-electron chi connectivity index (χ2n) is 4.19. The number of carbonyl (C=O) groups is 1. The van der Waals surface area contributed by atoms with E-state index < -0.39 is 15.9 Å². The first-order valence-corrected chi connectivity index (χ1v) is 8.65.